The third kappa shape index (κ3) is 5.67. The summed E-state index contributed by atoms with van der Waals surface area (Å²) in [6.45, 7) is 2.29. The summed E-state index contributed by atoms with van der Waals surface area (Å²) in [4.78, 5) is 18.0. The van der Waals surface area contributed by atoms with Crippen molar-refractivity contribution in [2.45, 2.75) is 26.2 Å². The van der Waals surface area contributed by atoms with Crippen LogP contribution in [0.3, 0.4) is 0 Å². The Morgan fingerprint density at radius 1 is 1.44 bits per heavy atom. The molecule has 136 valence electrons. The highest BCUT2D eigenvalue weighted by molar-refractivity contribution is 7.99. The maximum atomic E-state index is 12.4. The first-order valence-corrected chi connectivity index (χ1v) is 9.38. The second-order valence-electron chi connectivity index (χ2n) is 5.14. The monoisotopic (exact) mass is 388 g/mol. The second kappa shape index (κ2) is 9.72. The van der Waals surface area contributed by atoms with Gasteiger partial charge in [0.2, 0.25) is 12.3 Å². The molecule has 1 amide bonds. The molecule has 2 rings (SSSR count). The number of anilines is 1. The van der Waals surface area contributed by atoms with E-state index < -0.39 is 6.43 Å². The maximum absolute atomic E-state index is 12.4. The van der Waals surface area contributed by atoms with Gasteiger partial charge in [-0.3, -0.25) is 9.78 Å². The van der Waals surface area contributed by atoms with Crippen LogP contribution in [0.1, 0.15) is 19.8 Å². The number of aromatic nitrogens is 3. The molecule has 0 radical (unpaired) electrons. The van der Waals surface area contributed by atoms with Crippen LogP contribution < -0.4 is 4.90 Å². The summed E-state index contributed by atoms with van der Waals surface area (Å²) >= 11 is 7.55. The Hall–Kier alpha value is -1.67. The average molecular weight is 389 g/mol. The molecule has 0 saturated heterocycles. The van der Waals surface area contributed by atoms with Crippen molar-refractivity contribution < 1.29 is 13.6 Å². The van der Waals surface area contributed by atoms with Gasteiger partial charge in [-0.1, -0.05) is 11.6 Å². The molecular formula is C16H19ClF2N4OS. The summed E-state index contributed by atoms with van der Waals surface area (Å²) < 4.78 is 25.8. The molecule has 0 aliphatic heterocycles. The molecule has 2 heterocycles. The first-order chi connectivity index (χ1) is 12.0. The van der Waals surface area contributed by atoms with Crippen molar-refractivity contribution >= 4 is 35.0 Å². The molecular weight excluding hydrogens is 370 g/mol. The van der Waals surface area contributed by atoms with E-state index in [1.165, 1.54) is 11.8 Å². The van der Waals surface area contributed by atoms with E-state index in [-0.39, 0.29) is 23.9 Å². The molecule has 0 aromatic carbocycles. The number of carbonyl (C=O) groups excluding carboxylic acids is 1. The van der Waals surface area contributed by atoms with E-state index in [0.29, 0.717) is 23.7 Å². The predicted octanol–water partition coefficient (Wildman–Crippen LogP) is 4.05. The Morgan fingerprint density at radius 3 is 2.88 bits per heavy atom. The largest absolute Gasteiger partial charge is 0.308 e. The number of hydrogen-bond acceptors (Lipinski definition) is 4. The number of alkyl halides is 2. The van der Waals surface area contributed by atoms with Gasteiger partial charge in [0.05, 0.1) is 18.1 Å². The molecule has 0 fully saturated rings. The van der Waals surface area contributed by atoms with Crippen molar-refractivity contribution in [2.24, 2.45) is 0 Å². The van der Waals surface area contributed by atoms with Crippen LogP contribution in [-0.2, 0) is 4.79 Å². The zero-order chi connectivity index (χ0) is 18.2. The first-order valence-electron chi connectivity index (χ1n) is 7.84. The molecule has 0 aliphatic carbocycles. The third-order valence-corrected chi connectivity index (χ3v) is 4.70. The van der Waals surface area contributed by atoms with Crippen molar-refractivity contribution in [3.05, 3.63) is 35.9 Å². The Balaban J connectivity index is 2.00. The molecule has 0 atom stereocenters. The number of carbonyl (C=O) groups is 1. The van der Waals surface area contributed by atoms with Gasteiger partial charge in [0.1, 0.15) is 5.69 Å². The van der Waals surface area contributed by atoms with Gasteiger partial charge < -0.3 is 4.90 Å². The van der Waals surface area contributed by atoms with Gasteiger partial charge >= 0.3 is 0 Å². The van der Waals surface area contributed by atoms with Crippen molar-refractivity contribution in [1.82, 2.24) is 14.8 Å². The van der Waals surface area contributed by atoms with Crippen LogP contribution in [-0.4, -0.2) is 45.1 Å². The van der Waals surface area contributed by atoms with E-state index in [1.807, 2.05) is 13.0 Å². The summed E-state index contributed by atoms with van der Waals surface area (Å²) in [7, 11) is 0. The molecule has 0 unspecified atom stereocenters. The fourth-order valence-electron chi connectivity index (χ4n) is 2.20. The number of halogens is 3. The van der Waals surface area contributed by atoms with E-state index >= 15 is 0 Å². The average Bonchev–Trinajstić information content (AvgIpc) is 2.97. The second-order valence-corrected chi connectivity index (χ2v) is 6.72. The lowest BCUT2D eigenvalue weighted by Crippen LogP contribution is -2.30. The summed E-state index contributed by atoms with van der Waals surface area (Å²) in [5, 5.41) is 4.45. The van der Waals surface area contributed by atoms with Crippen LogP contribution in [0.4, 0.5) is 14.5 Å². The Morgan fingerprint density at radius 2 is 2.24 bits per heavy atom. The normalized spacial score (nSPS) is 11.1. The fraction of sp³-hybridized carbons (Fsp3) is 0.438. The zero-order valence-electron chi connectivity index (χ0n) is 13.7. The van der Waals surface area contributed by atoms with E-state index in [0.717, 1.165) is 5.69 Å². The van der Waals surface area contributed by atoms with Gasteiger partial charge in [-0.05, 0) is 24.8 Å². The molecule has 0 N–H and O–H groups in total. The fourth-order valence-corrected chi connectivity index (χ4v) is 3.30. The molecule has 2 aromatic rings. The predicted molar refractivity (Wildman–Crippen MR) is 97.0 cm³/mol. The van der Waals surface area contributed by atoms with E-state index in [4.69, 9.17) is 11.6 Å². The molecule has 0 spiro atoms. The topological polar surface area (TPSA) is 51.0 Å². The number of nitrogens with zero attached hydrogens (tertiary/aromatic N) is 4. The quantitative estimate of drug-likeness (QED) is 0.608. The molecule has 9 heteroatoms. The molecule has 0 bridgehead atoms. The number of thioether (sulfide) groups is 1. The number of pyridine rings is 1. The van der Waals surface area contributed by atoms with Gasteiger partial charge in [0.15, 0.2) is 5.15 Å². The molecule has 2 aromatic heterocycles. The van der Waals surface area contributed by atoms with E-state index in [1.54, 1.807) is 34.2 Å². The van der Waals surface area contributed by atoms with Crippen molar-refractivity contribution in [3.8, 4) is 5.69 Å². The minimum atomic E-state index is -2.30. The number of rotatable bonds is 9. The summed E-state index contributed by atoms with van der Waals surface area (Å²) in [5.74, 6) is 0.729. The summed E-state index contributed by atoms with van der Waals surface area (Å²) in [5.41, 5.74) is 1.26. The van der Waals surface area contributed by atoms with Gasteiger partial charge in [0, 0.05) is 31.3 Å². The highest BCUT2D eigenvalue weighted by Gasteiger charge is 2.20. The zero-order valence-corrected chi connectivity index (χ0v) is 15.3. The number of hydrogen-bond donors (Lipinski definition) is 0. The lowest BCUT2D eigenvalue weighted by atomic mass is 10.3. The summed E-state index contributed by atoms with van der Waals surface area (Å²) in [6.07, 6.45) is 2.79. The van der Waals surface area contributed by atoms with Crippen molar-refractivity contribution in [3.63, 3.8) is 0 Å². The van der Waals surface area contributed by atoms with Crippen molar-refractivity contribution in [1.29, 1.82) is 0 Å². The van der Waals surface area contributed by atoms with E-state index in [2.05, 4.69) is 10.1 Å². The Kier molecular flexibility index (Phi) is 7.64. The van der Waals surface area contributed by atoms with Crippen LogP contribution in [0, 0.1) is 0 Å². The Labute approximate surface area is 154 Å². The molecule has 25 heavy (non-hydrogen) atoms. The van der Waals surface area contributed by atoms with Crippen LogP contribution in [0.5, 0.6) is 0 Å². The standard InChI is InChI=1S/C16H19ClF2N4OS/c1-2-22(15(24)6-9-25-8-5-14(18)19)13-11-23(21-16(13)17)12-4-3-7-20-10-12/h3-4,7,10-11,14H,2,5-6,8-9H2,1H3. The van der Waals surface area contributed by atoms with Gasteiger partial charge in [-0.15, -0.1) is 0 Å². The summed E-state index contributed by atoms with van der Waals surface area (Å²) in [6, 6.07) is 3.61. The highest BCUT2D eigenvalue weighted by Crippen LogP contribution is 2.26. The van der Waals surface area contributed by atoms with Gasteiger partial charge in [0.25, 0.3) is 0 Å². The van der Waals surface area contributed by atoms with Crippen LogP contribution in [0.25, 0.3) is 5.69 Å². The lowest BCUT2D eigenvalue weighted by molar-refractivity contribution is -0.118. The van der Waals surface area contributed by atoms with Crippen LogP contribution >= 0.6 is 23.4 Å². The lowest BCUT2D eigenvalue weighted by Gasteiger charge is -2.19. The smallest absolute Gasteiger partial charge is 0.239 e. The minimum Gasteiger partial charge on any atom is -0.308 e. The Bertz CT molecular complexity index is 684. The van der Waals surface area contributed by atoms with Crippen molar-refractivity contribution in [2.75, 3.05) is 23.0 Å². The first kappa shape index (κ1) is 19.7. The maximum Gasteiger partial charge on any atom is 0.239 e. The van der Waals surface area contributed by atoms with Gasteiger partial charge in [-0.25, -0.2) is 13.5 Å². The van der Waals surface area contributed by atoms with E-state index in [9.17, 15) is 13.6 Å². The molecule has 0 aliphatic rings. The van der Waals surface area contributed by atoms with Crippen LogP contribution in [0.15, 0.2) is 30.7 Å². The molecule has 5 nitrogen and oxygen atoms in total. The van der Waals surface area contributed by atoms with Gasteiger partial charge in [-0.2, -0.15) is 16.9 Å². The molecule has 0 saturated carbocycles. The SMILES string of the molecule is CCN(C(=O)CCSCCC(F)F)c1cn(-c2cccnc2)nc1Cl. The third-order valence-electron chi connectivity index (χ3n) is 3.41. The number of amides is 1. The van der Waals surface area contributed by atoms with Crippen LogP contribution in [0.2, 0.25) is 5.15 Å². The highest BCUT2D eigenvalue weighted by atomic mass is 35.5. The minimum absolute atomic E-state index is 0.111.